The predicted molar refractivity (Wildman–Crippen MR) is 59.2 cm³/mol. The van der Waals surface area contributed by atoms with Crippen LogP contribution in [0.2, 0.25) is 0 Å². The number of alkyl halides is 3. The van der Waals surface area contributed by atoms with Crippen LogP contribution in [0.5, 0.6) is 5.75 Å². The summed E-state index contributed by atoms with van der Waals surface area (Å²) >= 11 is 0. The van der Waals surface area contributed by atoms with Crippen molar-refractivity contribution in [3.63, 3.8) is 0 Å². The Labute approximate surface area is 107 Å². The van der Waals surface area contributed by atoms with Crippen molar-refractivity contribution >= 4 is 12.4 Å². The van der Waals surface area contributed by atoms with Crippen LogP contribution >= 0.6 is 12.4 Å². The van der Waals surface area contributed by atoms with Crippen molar-refractivity contribution in [2.45, 2.75) is 18.3 Å². The van der Waals surface area contributed by atoms with Crippen molar-refractivity contribution in [2.24, 2.45) is 5.73 Å². The minimum absolute atomic E-state index is 0. The number of aliphatic hydroxyl groups is 1. The van der Waals surface area contributed by atoms with E-state index in [0.29, 0.717) is 0 Å². The van der Waals surface area contributed by atoms with Crippen molar-refractivity contribution in [3.8, 4) is 5.75 Å². The molecule has 0 aliphatic rings. The number of methoxy groups -OCH3 is 1. The summed E-state index contributed by atoms with van der Waals surface area (Å²) in [6, 6.07) is 1.17. The highest BCUT2D eigenvalue weighted by atomic mass is 35.5. The van der Waals surface area contributed by atoms with Gasteiger partial charge in [0.25, 0.3) is 0 Å². The Morgan fingerprint density at radius 1 is 1.33 bits per heavy atom. The maximum atomic E-state index is 12.9. The van der Waals surface area contributed by atoms with Gasteiger partial charge in [-0.2, -0.15) is 13.2 Å². The predicted octanol–water partition coefficient (Wildman–Crippen LogP) is 2.18. The molecule has 0 heterocycles. The van der Waals surface area contributed by atoms with E-state index in [2.05, 4.69) is 0 Å². The normalized spacial score (nSPS) is 14.6. The standard InChI is InChI=1S/C10H11F4NO2.ClH/c1-17-7-3-2-5(11)4-6(7)8(15)9(16)10(12,13)14;/h2-4,8-9,16H,15H2,1H3;1H/t8-,9-;/m1./s1. The van der Waals surface area contributed by atoms with Crippen LogP contribution in [0.25, 0.3) is 0 Å². The van der Waals surface area contributed by atoms with Crippen LogP contribution in [0.4, 0.5) is 17.6 Å². The lowest BCUT2D eigenvalue weighted by Gasteiger charge is -2.23. The number of aliphatic hydroxyl groups excluding tert-OH is 1. The molecule has 0 amide bonds. The van der Waals surface area contributed by atoms with E-state index >= 15 is 0 Å². The van der Waals surface area contributed by atoms with E-state index in [4.69, 9.17) is 15.6 Å². The second kappa shape index (κ2) is 6.21. The van der Waals surface area contributed by atoms with E-state index < -0.39 is 24.1 Å². The Morgan fingerprint density at radius 2 is 1.89 bits per heavy atom. The molecule has 0 fully saturated rings. The fourth-order valence-electron chi connectivity index (χ4n) is 1.34. The molecular formula is C10H12ClF4NO2. The lowest BCUT2D eigenvalue weighted by Crippen LogP contribution is -2.39. The summed E-state index contributed by atoms with van der Waals surface area (Å²) in [5, 5.41) is 8.99. The molecule has 1 aromatic carbocycles. The van der Waals surface area contributed by atoms with Gasteiger partial charge in [0.2, 0.25) is 0 Å². The molecule has 0 aromatic heterocycles. The zero-order chi connectivity index (χ0) is 13.2. The summed E-state index contributed by atoms with van der Waals surface area (Å²) in [5.41, 5.74) is 5.01. The number of hydrogen-bond donors (Lipinski definition) is 2. The van der Waals surface area contributed by atoms with E-state index in [0.717, 1.165) is 18.2 Å². The third-order valence-electron chi connectivity index (χ3n) is 2.23. The largest absolute Gasteiger partial charge is 0.496 e. The second-order valence-electron chi connectivity index (χ2n) is 3.40. The highest BCUT2D eigenvalue weighted by Crippen LogP contribution is 2.33. The maximum absolute atomic E-state index is 12.9. The van der Waals surface area contributed by atoms with Gasteiger partial charge in [-0.3, -0.25) is 0 Å². The molecule has 0 aliphatic carbocycles. The van der Waals surface area contributed by atoms with Crippen LogP contribution in [0, 0.1) is 5.82 Å². The molecule has 0 unspecified atom stereocenters. The number of halogens is 5. The molecule has 0 spiro atoms. The highest BCUT2D eigenvalue weighted by molar-refractivity contribution is 5.85. The SMILES string of the molecule is COc1ccc(F)cc1[C@@H](N)[C@@H](O)C(F)(F)F.Cl. The molecule has 0 aliphatic heterocycles. The molecule has 0 bridgehead atoms. The van der Waals surface area contributed by atoms with Gasteiger partial charge < -0.3 is 15.6 Å². The minimum atomic E-state index is -4.88. The molecule has 18 heavy (non-hydrogen) atoms. The van der Waals surface area contributed by atoms with Gasteiger partial charge in [-0.1, -0.05) is 0 Å². The van der Waals surface area contributed by atoms with Gasteiger partial charge >= 0.3 is 6.18 Å². The Hall–Kier alpha value is -1.05. The van der Waals surface area contributed by atoms with E-state index in [1.165, 1.54) is 7.11 Å². The summed E-state index contributed by atoms with van der Waals surface area (Å²) in [6.07, 6.45) is -7.66. The Bertz CT molecular complexity index is 400. The molecule has 104 valence electrons. The van der Waals surface area contributed by atoms with Crippen LogP contribution in [0.15, 0.2) is 18.2 Å². The summed E-state index contributed by atoms with van der Waals surface area (Å²) in [4.78, 5) is 0. The average molecular weight is 290 g/mol. The van der Waals surface area contributed by atoms with Crippen molar-refractivity contribution in [1.29, 1.82) is 0 Å². The van der Waals surface area contributed by atoms with Gasteiger partial charge in [0, 0.05) is 5.56 Å². The molecule has 3 N–H and O–H groups in total. The Kier molecular flexibility index (Phi) is 5.85. The first kappa shape index (κ1) is 16.9. The first-order valence-corrected chi connectivity index (χ1v) is 4.61. The molecule has 0 radical (unpaired) electrons. The summed E-state index contributed by atoms with van der Waals surface area (Å²) in [5.74, 6) is -0.771. The molecular weight excluding hydrogens is 278 g/mol. The lowest BCUT2D eigenvalue weighted by atomic mass is 10.0. The number of ether oxygens (including phenoxy) is 1. The molecule has 0 saturated heterocycles. The number of benzene rings is 1. The van der Waals surface area contributed by atoms with E-state index in [9.17, 15) is 17.6 Å². The molecule has 1 aromatic rings. The van der Waals surface area contributed by atoms with Crippen LogP contribution in [0.1, 0.15) is 11.6 Å². The van der Waals surface area contributed by atoms with Gasteiger partial charge in [-0.05, 0) is 18.2 Å². The van der Waals surface area contributed by atoms with E-state index in [-0.39, 0.29) is 23.7 Å². The smallest absolute Gasteiger partial charge is 0.416 e. The Morgan fingerprint density at radius 3 is 2.33 bits per heavy atom. The van der Waals surface area contributed by atoms with Crippen molar-refractivity contribution in [2.75, 3.05) is 7.11 Å². The molecule has 8 heteroatoms. The number of nitrogens with two attached hydrogens (primary N) is 1. The minimum Gasteiger partial charge on any atom is -0.496 e. The topological polar surface area (TPSA) is 55.5 Å². The second-order valence-corrected chi connectivity index (χ2v) is 3.40. The fraction of sp³-hybridized carbons (Fsp3) is 0.400. The summed E-state index contributed by atoms with van der Waals surface area (Å²) in [6.45, 7) is 0. The van der Waals surface area contributed by atoms with Gasteiger partial charge in [-0.25, -0.2) is 4.39 Å². The lowest BCUT2D eigenvalue weighted by molar-refractivity contribution is -0.210. The fourth-order valence-corrected chi connectivity index (χ4v) is 1.34. The van der Waals surface area contributed by atoms with Crippen LogP contribution < -0.4 is 10.5 Å². The maximum Gasteiger partial charge on any atom is 0.416 e. The van der Waals surface area contributed by atoms with Gasteiger partial charge in [-0.15, -0.1) is 12.4 Å². The summed E-state index contributed by atoms with van der Waals surface area (Å²) < 4.78 is 54.5. The van der Waals surface area contributed by atoms with Crippen molar-refractivity contribution in [1.82, 2.24) is 0 Å². The van der Waals surface area contributed by atoms with Crippen LogP contribution in [0.3, 0.4) is 0 Å². The van der Waals surface area contributed by atoms with Crippen LogP contribution in [-0.4, -0.2) is 24.5 Å². The molecule has 3 nitrogen and oxygen atoms in total. The quantitative estimate of drug-likeness (QED) is 0.839. The first-order chi connectivity index (χ1) is 7.77. The van der Waals surface area contributed by atoms with Crippen molar-refractivity contribution < 1.29 is 27.4 Å². The summed E-state index contributed by atoms with van der Waals surface area (Å²) in [7, 11) is 1.21. The first-order valence-electron chi connectivity index (χ1n) is 4.61. The molecule has 1 rings (SSSR count). The van der Waals surface area contributed by atoms with Gasteiger partial charge in [0.15, 0.2) is 6.10 Å². The third-order valence-corrected chi connectivity index (χ3v) is 2.23. The monoisotopic (exact) mass is 289 g/mol. The zero-order valence-corrected chi connectivity index (χ0v) is 10.1. The molecule has 0 saturated carbocycles. The van der Waals surface area contributed by atoms with Gasteiger partial charge in [0.05, 0.1) is 13.2 Å². The average Bonchev–Trinajstić information content (AvgIpc) is 2.25. The van der Waals surface area contributed by atoms with Crippen molar-refractivity contribution in [3.05, 3.63) is 29.6 Å². The highest BCUT2D eigenvalue weighted by Gasteiger charge is 2.43. The third kappa shape index (κ3) is 3.72. The van der Waals surface area contributed by atoms with E-state index in [1.807, 2.05) is 0 Å². The molecule has 2 atom stereocenters. The van der Waals surface area contributed by atoms with E-state index in [1.54, 1.807) is 0 Å². The number of hydrogen-bond acceptors (Lipinski definition) is 3. The number of rotatable bonds is 3. The van der Waals surface area contributed by atoms with Gasteiger partial charge in [0.1, 0.15) is 11.6 Å². The zero-order valence-electron chi connectivity index (χ0n) is 9.24. The Balaban J connectivity index is 0.00000289. The van der Waals surface area contributed by atoms with Crippen LogP contribution in [-0.2, 0) is 0 Å².